The molecule has 1 amide bonds. The Labute approximate surface area is 169 Å². The number of benzene rings is 2. The molecule has 0 aliphatic carbocycles. The zero-order valence-electron chi connectivity index (χ0n) is 15.4. The number of hydrogen-bond acceptors (Lipinski definition) is 5. The van der Waals surface area contributed by atoms with Gasteiger partial charge in [0.1, 0.15) is 16.7 Å². The van der Waals surface area contributed by atoms with Gasteiger partial charge in [0.25, 0.3) is 0 Å². The maximum atomic E-state index is 12.9. The molecular weight excluding hydrogens is 404 g/mol. The fraction of sp³-hybridized carbons (Fsp3) is 0.316. The van der Waals surface area contributed by atoms with Crippen molar-refractivity contribution >= 4 is 27.5 Å². The molecule has 3 N–H and O–H groups in total. The highest BCUT2D eigenvalue weighted by Crippen LogP contribution is 2.27. The van der Waals surface area contributed by atoms with Crippen LogP contribution in [-0.2, 0) is 21.2 Å². The lowest BCUT2D eigenvalue weighted by atomic mass is 10.1. The van der Waals surface area contributed by atoms with Crippen LogP contribution in [-0.4, -0.2) is 45.7 Å². The summed E-state index contributed by atoms with van der Waals surface area (Å²) in [6.45, 7) is 0.165. The summed E-state index contributed by atoms with van der Waals surface area (Å²) in [6, 6.07) is 12.3. The summed E-state index contributed by atoms with van der Waals surface area (Å²) in [6.07, 6.45) is 0.534. The van der Waals surface area contributed by atoms with Crippen molar-refractivity contribution in [1.82, 2.24) is 10.0 Å². The van der Waals surface area contributed by atoms with Crippen LogP contribution in [0.3, 0.4) is 0 Å². The molecule has 0 spiro atoms. The number of halogens is 1. The van der Waals surface area contributed by atoms with Gasteiger partial charge in [0.15, 0.2) is 0 Å². The van der Waals surface area contributed by atoms with Crippen LogP contribution in [0, 0.1) is 0 Å². The third kappa shape index (κ3) is 6.20. The van der Waals surface area contributed by atoms with Gasteiger partial charge in [-0.15, -0.1) is 0 Å². The lowest BCUT2D eigenvalue weighted by Gasteiger charge is -2.19. The SMILES string of the molecule is COc1ccc(Cl)cc1S(=O)(=O)N[C@H](Cc1ccccc1)C(=O)NCCCO. The van der Waals surface area contributed by atoms with Crippen LogP contribution < -0.4 is 14.8 Å². The lowest BCUT2D eigenvalue weighted by molar-refractivity contribution is -0.122. The molecular formula is C19H23ClN2O5S. The molecule has 0 radical (unpaired) electrons. The molecule has 9 heteroatoms. The molecule has 0 aliphatic heterocycles. The Morgan fingerprint density at radius 1 is 1.21 bits per heavy atom. The van der Waals surface area contributed by atoms with Crippen LogP contribution in [0.1, 0.15) is 12.0 Å². The zero-order valence-corrected chi connectivity index (χ0v) is 17.0. The van der Waals surface area contributed by atoms with Gasteiger partial charge in [0.05, 0.1) is 7.11 Å². The van der Waals surface area contributed by atoms with Crippen LogP contribution in [0.25, 0.3) is 0 Å². The van der Waals surface area contributed by atoms with Gasteiger partial charge in [-0.3, -0.25) is 4.79 Å². The largest absolute Gasteiger partial charge is 0.495 e. The number of sulfonamides is 1. The first-order valence-corrected chi connectivity index (χ1v) is 10.5. The normalized spacial score (nSPS) is 12.4. The van der Waals surface area contributed by atoms with E-state index < -0.39 is 22.0 Å². The quantitative estimate of drug-likeness (QED) is 0.502. The molecule has 0 saturated heterocycles. The van der Waals surface area contributed by atoms with E-state index in [4.69, 9.17) is 21.4 Å². The Morgan fingerprint density at radius 2 is 1.93 bits per heavy atom. The molecule has 0 aromatic heterocycles. The Kier molecular flexibility index (Phi) is 8.25. The van der Waals surface area contributed by atoms with Gasteiger partial charge in [-0.1, -0.05) is 41.9 Å². The lowest BCUT2D eigenvalue weighted by Crippen LogP contribution is -2.48. The first-order chi connectivity index (χ1) is 13.4. The van der Waals surface area contributed by atoms with Crippen LogP contribution in [0.5, 0.6) is 5.75 Å². The van der Waals surface area contributed by atoms with E-state index in [2.05, 4.69) is 10.0 Å². The van der Waals surface area contributed by atoms with Crippen molar-refractivity contribution in [3.63, 3.8) is 0 Å². The van der Waals surface area contributed by atoms with E-state index in [0.29, 0.717) is 6.42 Å². The number of ether oxygens (including phenoxy) is 1. The van der Waals surface area contributed by atoms with Crippen LogP contribution >= 0.6 is 11.6 Å². The van der Waals surface area contributed by atoms with Gasteiger partial charge in [0.2, 0.25) is 15.9 Å². The number of aliphatic hydroxyl groups excluding tert-OH is 1. The van der Waals surface area contributed by atoms with E-state index in [9.17, 15) is 13.2 Å². The number of methoxy groups -OCH3 is 1. The van der Waals surface area contributed by atoms with Crippen molar-refractivity contribution in [2.75, 3.05) is 20.3 Å². The number of aliphatic hydroxyl groups is 1. The molecule has 1 atom stereocenters. The van der Waals surface area contributed by atoms with Crippen molar-refractivity contribution in [2.45, 2.75) is 23.8 Å². The highest BCUT2D eigenvalue weighted by molar-refractivity contribution is 7.89. The average molecular weight is 427 g/mol. The number of hydrogen-bond donors (Lipinski definition) is 3. The van der Waals surface area contributed by atoms with E-state index >= 15 is 0 Å². The zero-order chi connectivity index (χ0) is 20.6. The van der Waals surface area contributed by atoms with Crippen LogP contribution in [0.2, 0.25) is 5.02 Å². The van der Waals surface area contributed by atoms with E-state index in [1.807, 2.05) is 30.3 Å². The predicted molar refractivity (Wildman–Crippen MR) is 107 cm³/mol. The van der Waals surface area contributed by atoms with Crippen LogP contribution in [0.15, 0.2) is 53.4 Å². The monoisotopic (exact) mass is 426 g/mol. The van der Waals surface area contributed by atoms with Gasteiger partial charge < -0.3 is 15.2 Å². The third-order valence-corrected chi connectivity index (χ3v) is 5.67. The smallest absolute Gasteiger partial charge is 0.245 e. The molecule has 0 unspecified atom stereocenters. The predicted octanol–water partition coefficient (Wildman–Crippen LogP) is 1.74. The highest BCUT2D eigenvalue weighted by atomic mass is 35.5. The minimum absolute atomic E-state index is 0.0743. The Balaban J connectivity index is 2.29. The maximum Gasteiger partial charge on any atom is 0.245 e. The van der Waals surface area contributed by atoms with Crippen molar-refractivity contribution in [3.05, 3.63) is 59.1 Å². The molecule has 0 heterocycles. The number of carbonyl (C=O) groups is 1. The van der Waals surface area contributed by atoms with Crippen molar-refractivity contribution in [2.24, 2.45) is 0 Å². The highest BCUT2D eigenvalue weighted by Gasteiger charge is 2.28. The summed E-state index contributed by atoms with van der Waals surface area (Å²) < 4.78 is 33.4. The van der Waals surface area contributed by atoms with Crippen molar-refractivity contribution in [3.8, 4) is 5.75 Å². The van der Waals surface area contributed by atoms with Gasteiger partial charge in [-0.2, -0.15) is 4.72 Å². The molecule has 0 saturated carbocycles. The standard InChI is InChI=1S/C19H23ClN2O5S/c1-27-17-9-8-15(20)13-18(17)28(25,26)22-16(19(24)21-10-5-11-23)12-14-6-3-2-4-7-14/h2-4,6-9,13,16,22-23H,5,10-12H2,1H3,(H,21,24)/t16-/m1/s1. The molecule has 28 heavy (non-hydrogen) atoms. The average Bonchev–Trinajstić information content (AvgIpc) is 2.68. The number of nitrogens with one attached hydrogen (secondary N) is 2. The molecule has 7 nitrogen and oxygen atoms in total. The second kappa shape index (κ2) is 10.4. The Hall–Kier alpha value is -2.13. The van der Waals surface area contributed by atoms with E-state index in [1.165, 1.54) is 25.3 Å². The Morgan fingerprint density at radius 3 is 2.57 bits per heavy atom. The Bertz CT molecular complexity index is 890. The molecule has 0 aliphatic rings. The minimum Gasteiger partial charge on any atom is -0.495 e. The summed E-state index contributed by atoms with van der Waals surface area (Å²) in [7, 11) is -2.74. The summed E-state index contributed by atoms with van der Waals surface area (Å²) in [5, 5.41) is 11.7. The first kappa shape index (κ1) is 22.2. The van der Waals surface area contributed by atoms with E-state index in [1.54, 1.807) is 0 Å². The second-order valence-corrected chi connectivity index (χ2v) is 8.15. The maximum absolute atomic E-state index is 12.9. The summed E-state index contributed by atoms with van der Waals surface area (Å²) in [5.41, 5.74) is 0.797. The van der Waals surface area contributed by atoms with Gasteiger partial charge >= 0.3 is 0 Å². The third-order valence-electron chi connectivity index (χ3n) is 3.95. The number of amides is 1. The summed E-state index contributed by atoms with van der Waals surface area (Å²) in [5.74, 6) is -0.363. The molecule has 0 bridgehead atoms. The van der Waals surface area contributed by atoms with E-state index in [0.717, 1.165) is 5.56 Å². The fourth-order valence-electron chi connectivity index (χ4n) is 2.56. The molecule has 2 aromatic rings. The first-order valence-electron chi connectivity index (χ1n) is 8.65. The molecule has 2 aromatic carbocycles. The minimum atomic E-state index is -4.09. The van der Waals surface area contributed by atoms with E-state index in [-0.39, 0.29) is 35.2 Å². The molecule has 152 valence electrons. The van der Waals surface area contributed by atoms with Gasteiger partial charge in [0, 0.05) is 18.2 Å². The van der Waals surface area contributed by atoms with Gasteiger partial charge in [-0.25, -0.2) is 8.42 Å². The van der Waals surface area contributed by atoms with Crippen molar-refractivity contribution in [1.29, 1.82) is 0 Å². The number of carbonyl (C=O) groups excluding carboxylic acids is 1. The number of rotatable bonds is 10. The molecule has 0 fully saturated rings. The summed E-state index contributed by atoms with van der Waals surface area (Å²) >= 11 is 5.94. The fourth-order valence-corrected chi connectivity index (χ4v) is 4.19. The summed E-state index contributed by atoms with van der Waals surface area (Å²) in [4.78, 5) is 12.4. The van der Waals surface area contributed by atoms with Crippen LogP contribution in [0.4, 0.5) is 0 Å². The van der Waals surface area contributed by atoms with Gasteiger partial charge in [-0.05, 0) is 36.6 Å². The van der Waals surface area contributed by atoms with Crippen molar-refractivity contribution < 1.29 is 23.1 Å². The molecule has 2 rings (SSSR count). The second-order valence-electron chi connectivity index (χ2n) is 6.03. The topological polar surface area (TPSA) is 105 Å².